The summed E-state index contributed by atoms with van der Waals surface area (Å²) in [5, 5.41) is 10.8. The first-order valence-corrected chi connectivity index (χ1v) is 10.5. The minimum atomic E-state index is -1.23. The lowest BCUT2D eigenvalue weighted by molar-refractivity contribution is -0.123. The van der Waals surface area contributed by atoms with Crippen molar-refractivity contribution in [1.82, 2.24) is 9.88 Å². The first-order chi connectivity index (χ1) is 15.3. The Bertz CT molecular complexity index is 1210. The van der Waals surface area contributed by atoms with Gasteiger partial charge in [-0.3, -0.25) is 14.6 Å². The lowest BCUT2D eigenvalue weighted by atomic mass is 9.98. The molecule has 0 saturated carbocycles. The maximum Gasteiger partial charge on any atom is 0.259 e. The van der Waals surface area contributed by atoms with E-state index in [1.165, 1.54) is 41.6 Å². The lowest BCUT2D eigenvalue weighted by Gasteiger charge is -2.36. The van der Waals surface area contributed by atoms with Crippen molar-refractivity contribution in [2.24, 2.45) is 5.73 Å². The summed E-state index contributed by atoms with van der Waals surface area (Å²) in [4.78, 5) is 31.7. The zero-order chi connectivity index (χ0) is 23.0. The number of benzene rings is 2. The van der Waals surface area contributed by atoms with Gasteiger partial charge in [0.2, 0.25) is 5.91 Å². The van der Waals surface area contributed by atoms with E-state index in [0.29, 0.717) is 29.5 Å². The first kappa shape index (κ1) is 22.0. The fourth-order valence-corrected chi connectivity index (χ4v) is 4.55. The number of rotatable bonds is 5. The minimum Gasteiger partial charge on any atom is -0.507 e. The van der Waals surface area contributed by atoms with Gasteiger partial charge in [0.15, 0.2) is 0 Å². The topological polar surface area (TPSA) is 96.5 Å². The Kier molecular flexibility index (Phi) is 6.04. The molecule has 0 bridgehead atoms. The number of carbonyl (C=O) groups excluding carboxylic acids is 2. The van der Waals surface area contributed by atoms with Crippen molar-refractivity contribution in [3.05, 3.63) is 93.0 Å². The highest BCUT2D eigenvalue weighted by molar-refractivity contribution is 6.31. The van der Waals surface area contributed by atoms with Crippen LogP contribution in [0.5, 0.6) is 5.75 Å². The average Bonchev–Trinajstić information content (AvgIpc) is 3.17. The number of hydrogen-bond donors (Lipinski definition) is 2. The molecular formula is C23H18Cl2FN3O3. The molecule has 1 heterocycles. The van der Waals surface area contributed by atoms with Crippen molar-refractivity contribution >= 4 is 35.0 Å². The minimum absolute atomic E-state index is 0.108. The highest BCUT2D eigenvalue weighted by Crippen LogP contribution is 2.43. The van der Waals surface area contributed by atoms with Crippen molar-refractivity contribution in [1.29, 1.82) is 0 Å². The van der Waals surface area contributed by atoms with Gasteiger partial charge in [-0.1, -0.05) is 29.3 Å². The molecule has 164 valence electrons. The SMILES string of the molecule is NC(=O)[C@@H](c1cccnc1)N(C(=O)c1cc(Cl)ccc1O)[C@@H]1CCc2c(F)cc(Cl)cc21. The molecule has 0 unspecified atom stereocenters. The smallest absolute Gasteiger partial charge is 0.259 e. The molecule has 32 heavy (non-hydrogen) atoms. The van der Waals surface area contributed by atoms with Crippen LogP contribution in [0.2, 0.25) is 10.0 Å². The van der Waals surface area contributed by atoms with Crippen LogP contribution in [-0.2, 0) is 11.2 Å². The molecule has 0 aliphatic heterocycles. The molecule has 0 saturated heterocycles. The number of phenolic OH excluding ortho intramolecular Hbond substituents is 1. The summed E-state index contributed by atoms with van der Waals surface area (Å²) in [6, 6.07) is 8.11. The van der Waals surface area contributed by atoms with E-state index in [2.05, 4.69) is 4.98 Å². The van der Waals surface area contributed by atoms with Crippen LogP contribution in [-0.4, -0.2) is 26.8 Å². The van der Waals surface area contributed by atoms with Gasteiger partial charge < -0.3 is 15.7 Å². The van der Waals surface area contributed by atoms with Gasteiger partial charge in [-0.25, -0.2) is 4.39 Å². The van der Waals surface area contributed by atoms with Crippen molar-refractivity contribution in [2.45, 2.75) is 24.9 Å². The van der Waals surface area contributed by atoms with E-state index >= 15 is 0 Å². The maximum atomic E-state index is 14.6. The third-order valence-corrected chi connectivity index (χ3v) is 5.98. The van der Waals surface area contributed by atoms with Crippen molar-refractivity contribution in [3.63, 3.8) is 0 Å². The number of halogens is 3. The monoisotopic (exact) mass is 473 g/mol. The molecule has 0 spiro atoms. The quantitative estimate of drug-likeness (QED) is 0.566. The van der Waals surface area contributed by atoms with Gasteiger partial charge in [-0.05, 0) is 60.4 Å². The Morgan fingerprint density at radius 2 is 1.97 bits per heavy atom. The summed E-state index contributed by atoms with van der Waals surface area (Å²) in [5.74, 6) is -2.28. The molecule has 1 aromatic heterocycles. The van der Waals surface area contributed by atoms with Crippen molar-refractivity contribution in [3.8, 4) is 5.75 Å². The Morgan fingerprint density at radius 1 is 1.19 bits per heavy atom. The van der Waals surface area contributed by atoms with E-state index in [1.54, 1.807) is 18.2 Å². The Hall–Kier alpha value is -3.16. The lowest BCUT2D eigenvalue weighted by Crippen LogP contribution is -2.43. The van der Waals surface area contributed by atoms with Crippen LogP contribution in [0.1, 0.15) is 45.6 Å². The largest absolute Gasteiger partial charge is 0.507 e. The number of primary amides is 1. The predicted molar refractivity (Wildman–Crippen MR) is 118 cm³/mol. The second-order valence-electron chi connectivity index (χ2n) is 7.48. The van der Waals surface area contributed by atoms with Crippen LogP contribution < -0.4 is 5.73 Å². The van der Waals surface area contributed by atoms with E-state index in [4.69, 9.17) is 28.9 Å². The summed E-state index contributed by atoms with van der Waals surface area (Å²) in [6.07, 6.45) is 3.63. The molecule has 0 fully saturated rings. The normalized spacial score (nSPS) is 15.8. The highest BCUT2D eigenvalue weighted by atomic mass is 35.5. The zero-order valence-corrected chi connectivity index (χ0v) is 18.1. The van der Waals surface area contributed by atoms with Gasteiger partial charge >= 0.3 is 0 Å². The van der Waals surface area contributed by atoms with Gasteiger partial charge in [0.1, 0.15) is 17.6 Å². The fourth-order valence-electron chi connectivity index (χ4n) is 4.17. The number of hydrogen-bond acceptors (Lipinski definition) is 4. The summed E-state index contributed by atoms with van der Waals surface area (Å²) in [5.41, 5.74) is 6.93. The van der Waals surface area contributed by atoms with Gasteiger partial charge in [0, 0.05) is 28.0 Å². The fraction of sp³-hybridized carbons (Fsp3) is 0.174. The third-order valence-electron chi connectivity index (χ3n) is 5.53. The first-order valence-electron chi connectivity index (χ1n) is 9.76. The second-order valence-corrected chi connectivity index (χ2v) is 8.35. The molecule has 1 aliphatic rings. The molecule has 9 heteroatoms. The summed E-state index contributed by atoms with van der Waals surface area (Å²) < 4.78 is 14.6. The number of fused-ring (bicyclic) bond motifs is 1. The van der Waals surface area contributed by atoms with Gasteiger partial charge in [0.05, 0.1) is 11.6 Å². The number of phenols is 1. The zero-order valence-electron chi connectivity index (χ0n) is 16.6. The molecule has 1 aliphatic carbocycles. The Balaban J connectivity index is 1.91. The van der Waals surface area contributed by atoms with Crippen LogP contribution in [0, 0.1) is 5.82 Å². The number of nitrogens with zero attached hydrogens (tertiary/aromatic N) is 2. The van der Waals surface area contributed by atoms with E-state index in [-0.39, 0.29) is 21.4 Å². The van der Waals surface area contributed by atoms with Gasteiger partial charge in [-0.2, -0.15) is 0 Å². The van der Waals surface area contributed by atoms with Crippen molar-refractivity contribution < 1.29 is 19.1 Å². The molecule has 3 N–H and O–H groups in total. The van der Waals surface area contributed by atoms with E-state index in [0.717, 1.165) is 0 Å². The summed E-state index contributed by atoms with van der Waals surface area (Å²) in [6.45, 7) is 0. The van der Waals surface area contributed by atoms with Gasteiger partial charge in [0.25, 0.3) is 5.91 Å². The third kappa shape index (κ3) is 4.01. The van der Waals surface area contributed by atoms with Crippen LogP contribution in [0.15, 0.2) is 54.9 Å². The Labute approximate surface area is 193 Å². The van der Waals surface area contributed by atoms with Crippen LogP contribution in [0.3, 0.4) is 0 Å². The molecule has 6 nitrogen and oxygen atoms in total. The number of pyridine rings is 1. The van der Waals surface area contributed by atoms with Crippen LogP contribution in [0.25, 0.3) is 0 Å². The number of aromatic hydroxyl groups is 1. The molecule has 2 amide bonds. The number of nitrogens with two attached hydrogens (primary N) is 1. The number of amides is 2. The van der Waals surface area contributed by atoms with Crippen LogP contribution in [0.4, 0.5) is 4.39 Å². The maximum absolute atomic E-state index is 14.6. The molecular weight excluding hydrogens is 456 g/mol. The molecule has 3 aromatic rings. The highest BCUT2D eigenvalue weighted by Gasteiger charge is 2.41. The second kappa shape index (κ2) is 8.76. The molecule has 0 radical (unpaired) electrons. The molecule has 2 aromatic carbocycles. The standard InChI is InChI=1S/C23H18Cl2FN3O3/c24-13-3-6-20(30)17(8-13)23(32)29(21(22(27)31)12-2-1-7-28-11-12)19-5-4-15-16(19)9-14(25)10-18(15)26/h1-3,6-11,19,21,30H,4-5H2,(H2,27,31)/t19-,21-/m1/s1. The number of aromatic nitrogens is 1. The Morgan fingerprint density at radius 3 is 2.66 bits per heavy atom. The summed E-state index contributed by atoms with van der Waals surface area (Å²) in [7, 11) is 0. The molecule has 4 rings (SSSR count). The van der Waals surface area contributed by atoms with Gasteiger partial charge in [-0.15, -0.1) is 0 Å². The van der Waals surface area contributed by atoms with E-state index < -0.39 is 29.7 Å². The summed E-state index contributed by atoms with van der Waals surface area (Å²) >= 11 is 12.2. The molecule has 2 atom stereocenters. The van der Waals surface area contributed by atoms with Crippen LogP contribution >= 0.6 is 23.2 Å². The van der Waals surface area contributed by atoms with Crippen molar-refractivity contribution in [2.75, 3.05) is 0 Å². The number of carbonyl (C=O) groups is 2. The van der Waals surface area contributed by atoms with E-state index in [1.807, 2.05) is 0 Å². The predicted octanol–water partition coefficient (Wildman–Crippen LogP) is 4.59. The van der Waals surface area contributed by atoms with E-state index in [9.17, 15) is 19.1 Å². The average molecular weight is 474 g/mol.